The lowest BCUT2D eigenvalue weighted by molar-refractivity contribution is -0.137. The van der Waals surface area contributed by atoms with Crippen LogP contribution in [0.3, 0.4) is 0 Å². The van der Waals surface area contributed by atoms with Gasteiger partial charge < -0.3 is 20.3 Å². The van der Waals surface area contributed by atoms with Crippen LogP contribution in [0, 0.1) is 17.7 Å². The van der Waals surface area contributed by atoms with Crippen molar-refractivity contribution in [2.45, 2.75) is 25.6 Å². The summed E-state index contributed by atoms with van der Waals surface area (Å²) in [6.07, 6.45) is -4.88. The number of alkyl halides is 3. The third-order valence-electron chi connectivity index (χ3n) is 5.71. The number of hydrogen-bond acceptors (Lipinski definition) is 5. The number of likely N-dealkylation sites (N-methyl/N-ethyl adjacent to an activating group) is 1. The van der Waals surface area contributed by atoms with Crippen LogP contribution in [-0.2, 0) is 15.8 Å². The molecule has 0 saturated carbocycles. The van der Waals surface area contributed by atoms with E-state index in [-0.39, 0.29) is 45.6 Å². The number of ether oxygens (including phenoxy) is 1. The average Bonchev–Trinajstić information content (AvgIpc) is 2.90. The highest BCUT2D eigenvalue weighted by molar-refractivity contribution is 6.33. The predicted octanol–water partition coefficient (Wildman–Crippen LogP) is 6.21. The molecule has 0 atom stereocenters. The van der Waals surface area contributed by atoms with Crippen molar-refractivity contribution in [1.29, 1.82) is 0 Å². The minimum atomic E-state index is -4.88. The summed E-state index contributed by atoms with van der Waals surface area (Å²) in [6.45, 7) is 3.10. The second-order valence-corrected chi connectivity index (χ2v) is 11.2. The molecule has 3 rings (SSSR count). The summed E-state index contributed by atoms with van der Waals surface area (Å²) in [5.41, 5.74) is -2.25. The van der Waals surface area contributed by atoms with Crippen molar-refractivity contribution in [2.75, 3.05) is 32.6 Å². The second-order valence-electron chi connectivity index (χ2n) is 10.4. The first-order valence-electron chi connectivity index (χ1n) is 12.9. The lowest BCUT2D eigenvalue weighted by Crippen LogP contribution is -2.45. The van der Waals surface area contributed by atoms with Gasteiger partial charge in [0.2, 0.25) is 5.91 Å². The molecule has 0 fully saturated rings. The van der Waals surface area contributed by atoms with Gasteiger partial charge in [-0.1, -0.05) is 35.0 Å². The minimum absolute atomic E-state index is 0.0619. The van der Waals surface area contributed by atoms with Gasteiger partial charge >= 0.3 is 6.18 Å². The summed E-state index contributed by atoms with van der Waals surface area (Å²) in [6, 6.07) is 9.84. The lowest BCUT2D eigenvalue weighted by Gasteiger charge is -2.21. The molecule has 232 valence electrons. The number of nitrogens with one attached hydrogen (secondary N) is 2. The van der Waals surface area contributed by atoms with Crippen LogP contribution in [0.15, 0.2) is 54.6 Å². The number of anilines is 1. The van der Waals surface area contributed by atoms with E-state index in [9.17, 15) is 31.9 Å². The average molecular weight is 652 g/mol. The van der Waals surface area contributed by atoms with Gasteiger partial charge in [0.15, 0.2) is 12.4 Å². The van der Waals surface area contributed by atoms with E-state index in [0.29, 0.717) is 17.7 Å². The van der Waals surface area contributed by atoms with Crippen LogP contribution in [0.5, 0.6) is 5.75 Å². The van der Waals surface area contributed by atoms with E-state index in [1.165, 1.54) is 24.3 Å². The van der Waals surface area contributed by atoms with Gasteiger partial charge in [0.25, 0.3) is 5.91 Å². The van der Waals surface area contributed by atoms with Crippen LogP contribution in [0.1, 0.15) is 40.9 Å². The Hall–Kier alpha value is -4.11. The normalized spacial score (nSPS) is 11.4. The third kappa shape index (κ3) is 9.98. The van der Waals surface area contributed by atoms with Gasteiger partial charge in [0.1, 0.15) is 11.6 Å². The Kier molecular flexibility index (Phi) is 11.0. The van der Waals surface area contributed by atoms with E-state index >= 15 is 0 Å². The first kappa shape index (κ1) is 34.4. The van der Waals surface area contributed by atoms with Crippen LogP contribution in [0.4, 0.5) is 23.2 Å². The molecule has 3 aromatic carbocycles. The van der Waals surface area contributed by atoms with Crippen molar-refractivity contribution in [3.8, 4) is 17.6 Å². The van der Waals surface area contributed by atoms with E-state index in [4.69, 9.17) is 27.9 Å². The standard InChI is InChI=1S/C31H27Cl2F4N3O4/c1-30(2,39-27(41)16-40(3)4)10-9-18-5-7-25(24(33)11-18)38-28(42)17-44-26-8-6-21(32)15-23(26)29(43)19-12-20(31(35,36)37)14-22(34)13-19/h5-8,11-15H,16-17H2,1-4H3,(H,38,42)(H,39,41). The molecule has 0 bridgehead atoms. The van der Waals surface area contributed by atoms with Gasteiger partial charge in [0.05, 0.1) is 33.9 Å². The van der Waals surface area contributed by atoms with E-state index < -0.39 is 47.0 Å². The molecule has 0 spiro atoms. The largest absolute Gasteiger partial charge is 0.483 e. The number of carbonyl (C=O) groups is 3. The van der Waals surface area contributed by atoms with E-state index in [2.05, 4.69) is 22.5 Å². The van der Waals surface area contributed by atoms with Crippen LogP contribution in [0.25, 0.3) is 0 Å². The fourth-order valence-electron chi connectivity index (χ4n) is 3.80. The fourth-order valence-corrected chi connectivity index (χ4v) is 4.20. The molecule has 2 N–H and O–H groups in total. The number of benzene rings is 3. The first-order valence-corrected chi connectivity index (χ1v) is 13.6. The highest BCUT2D eigenvalue weighted by Crippen LogP contribution is 2.32. The summed E-state index contributed by atoms with van der Waals surface area (Å²) in [4.78, 5) is 39.5. The molecule has 0 aliphatic rings. The summed E-state index contributed by atoms with van der Waals surface area (Å²) >= 11 is 12.3. The first-order chi connectivity index (χ1) is 20.4. The molecular formula is C31H27Cl2F4N3O4. The van der Waals surface area contributed by atoms with Crippen molar-refractivity contribution in [1.82, 2.24) is 10.2 Å². The number of carbonyl (C=O) groups excluding carboxylic acids is 3. The number of rotatable bonds is 9. The van der Waals surface area contributed by atoms with Crippen molar-refractivity contribution in [3.05, 3.63) is 92.7 Å². The van der Waals surface area contributed by atoms with Gasteiger partial charge in [0, 0.05) is 16.1 Å². The predicted molar refractivity (Wildman–Crippen MR) is 160 cm³/mol. The van der Waals surface area contributed by atoms with Gasteiger partial charge in [-0.15, -0.1) is 0 Å². The van der Waals surface area contributed by atoms with Crippen molar-refractivity contribution < 1.29 is 36.7 Å². The SMILES string of the molecule is CN(C)CC(=O)NC(C)(C)C#Cc1ccc(NC(=O)COc2ccc(Cl)cc2C(=O)c2cc(F)cc(C(F)(F)F)c2)c(Cl)c1. The second kappa shape index (κ2) is 14.1. The maximum absolute atomic E-state index is 13.9. The number of halogens is 6. The fraction of sp³-hybridized carbons (Fsp3) is 0.258. The Morgan fingerprint density at radius 3 is 2.30 bits per heavy atom. The van der Waals surface area contributed by atoms with Crippen molar-refractivity contribution in [3.63, 3.8) is 0 Å². The van der Waals surface area contributed by atoms with E-state index in [1.807, 2.05) is 0 Å². The molecule has 0 aliphatic heterocycles. The highest BCUT2D eigenvalue weighted by atomic mass is 35.5. The smallest absolute Gasteiger partial charge is 0.416 e. The molecular weight excluding hydrogens is 625 g/mol. The zero-order valence-electron chi connectivity index (χ0n) is 24.0. The summed E-state index contributed by atoms with van der Waals surface area (Å²) in [5, 5.41) is 5.60. The van der Waals surface area contributed by atoms with Gasteiger partial charge in [-0.2, -0.15) is 13.2 Å². The maximum Gasteiger partial charge on any atom is 0.416 e. The molecule has 7 nitrogen and oxygen atoms in total. The van der Waals surface area contributed by atoms with E-state index in [0.717, 1.165) is 6.07 Å². The molecule has 0 aromatic heterocycles. The highest BCUT2D eigenvalue weighted by Gasteiger charge is 2.32. The number of ketones is 1. The number of nitrogens with zero attached hydrogens (tertiary/aromatic N) is 1. The number of amides is 2. The van der Waals surface area contributed by atoms with Crippen molar-refractivity contribution >= 4 is 46.5 Å². The summed E-state index contributed by atoms with van der Waals surface area (Å²) in [5.74, 6) is 2.63. The molecule has 0 aliphatic carbocycles. The summed E-state index contributed by atoms with van der Waals surface area (Å²) in [7, 11) is 3.55. The molecule has 0 unspecified atom stereocenters. The van der Waals surface area contributed by atoms with Crippen LogP contribution >= 0.6 is 23.2 Å². The zero-order chi connectivity index (χ0) is 32.8. The van der Waals surface area contributed by atoms with Crippen LogP contribution in [0.2, 0.25) is 10.0 Å². The molecule has 2 amide bonds. The quantitative estimate of drug-likeness (QED) is 0.163. The maximum atomic E-state index is 13.9. The summed E-state index contributed by atoms with van der Waals surface area (Å²) < 4.78 is 58.9. The molecule has 0 radical (unpaired) electrons. The van der Waals surface area contributed by atoms with Crippen LogP contribution in [-0.4, -0.2) is 55.3 Å². The molecule has 13 heteroatoms. The Bertz CT molecular complexity index is 1650. The minimum Gasteiger partial charge on any atom is -0.483 e. The molecule has 3 aromatic rings. The van der Waals surface area contributed by atoms with Gasteiger partial charge in [-0.25, -0.2) is 4.39 Å². The van der Waals surface area contributed by atoms with E-state index in [1.54, 1.807) is 38.9 Å². The molecule has 0 saturated heterocycles. The lowest BCUT2D eigenvalue weighted by atomic mass is 10.00. The Labute approximate surface area is 261 Å². The van der Waals surface area contributed by atoms with Gasteiger partial charge in [-0.3, -0.25) is 14.4 Å². The topological polar surface area (TPSA) is 87.7 Å². The van der Waals surface area contributed by atoms with Crippen LogP contribution < -0.4 is 15.4 Å². The van der Waals surface area contributed by atoms with Gasteiger partial charge in [-0.05, 0) is 82.5 Å². The van der Waals surface area contributed by atoms with Crippen molar-refractivity contribution in [2.24, 2.45) is 0 Å². The Morgan fingerprint density at radius 1 is 0.955 bits per heavy atom. The number of hydrogen-bond donors (Lipinski definition) is 2. The molecule has 0 heterocycles. The Balaban J connectivity index is 1.70. The zero-order valence-corrected chi connectivity index (χ0v) is 25.5. The third-order valence-corrected chi connectivity index (χ3v) is 6.25. The Morgan fingerprint density at radius 2 is 1.66 bits per heavy atom. The monoisotopic (exact) mass is 651 g/mol. The molecule has 44 heavy (non-hydrogen) atoms.